The van der Waals surface area contributed by atoms with E-state index in [2.05, 4.69) is 6.07 Å². The molecule has 1 aromatic heterocycles. The minimum absolute atomic E-state index is 0.179. The highest BCUT2D eigenvalue weighted by atomic mass is 32.2. The number of fused-ring (bicyclic) bond motifs is 1. The summed E-state index contributed by atoms with van der Waals surface area (Å²) in [6.45, 7) is 6.91. The van der Waals surface area contributed by atoms with Gasteiger partial charge in [0.15, 0.2) is 5.13 Å². The number of hydrogen-bond acceptors (Lipinski definition) is 5. The maximum Gasteiger partial charge on any atom is 0.260 e. The predicted molar refractivity (Wildman–Crippen MR) is 147 cm³/mol. The molecule has 0 radical (unpaired) electrons. The zero-order chi connectivity index (χ0) is 25.9. The van der Waals surface area contributed by atoms with E-state index in [4.69, 9.17) is 4.98 Å². The second kappa shape index (κ2) is 10.9. The highest BCUT2D eigenvalue weighted by Gasteiger charge is 2.25. The summed E-state index contributed by atoms with van der Waals surface area (Å²) in [5.74, 6) is -0.225. The summed E-state index contributed by atoms with van der Waals surface area (Å²) in [7, 11) is -2.02. The fourth-order valence-corrected chi connectivity index (χ4v) is 6.28. The lowest BCUT2D eigenvalue weighted by atomic mass is 10.1. The molecule has 0 fully saturated rings. The Hall–Kier alpha value is -3.07. The number of anilines is 1. The molecule has 0 bridgehead atoms. The molecule has 4 rings (SSSR count). The predicted octanol–water partition coefficient (Wildman–Crippen LogP) is 6.18. The lowest BCUT2D eigenvalue weighted by molar-refractivity contribution is 0.0985. The van der Waals surface area contributed by atoms with Gasteiger partial charge in [-0.1, -0.05) is 67.1 Å². The fraction of sp³-hybridized carbons (Fsp3) is 0.286. The molecule has 0 saturated carbocycles. The summed E-state index contributed by atoms with van der Waals surface area (Å²) in [5.41, 5.74) is 4.47. The van der Waals surface area contributed by atoms with Crippen LogP contribution >= 0.6 is 11.3 Å². The van der Waals surface area contributed by atoms with Gasteiger partial charge in [0.1, 0.15) is 0 Å². The molecule has 0 N–H and O–H groups in total. The molecule has 4 aromatic rings. The summed E-state index contributed by atoms with van der Waals surface area (Å²) in [5, 5.41) is 0.618. The van der Waals surface area contributed by atoms with E-state index in [0.29, 0.717) is 23.8 Å². The molecule has 6 nitrogen and oxygen atoms in total. The van der Waals surface area contributed by atoms with Gasteiger partial charge in [0.2, 0.25) is 10.0 Å². The van der Waals surface area contributed by atoms with Crippen molar-refractivity contribution < 1.29 is 13.2 Å². The average molecular weight is 522 g/mol. The first-order valence-corrected chi connectivity index (χ1v) is 14.3. The number of rotatable bonds is 9. The first-order valence-electron chi connectivity index (χ1n) is 12.0. The Kier molecular flexibility index (Phi) is 7.88. The molecule has 188 valence electrons. The summed E-state index contributed by atoms with van der Waals surface area (Å²) in [4.78, 5) is 20.5. The Morgan fingerprint density at radius 3 is 2.25 bits per heavy atom. The van der Waals surface area contributed by atoms with Crippen LogP contribution in [0.3, 0.4) is 0 Å². The Labute approximate surface area is 217 Å². The van der Waals surface area contributed by atoms with Gasteiger partial charge in [0, 0.05) is 19.2 Å². The average Bonchev–Trinajstić information content (AvgIpc) is 3.35. The van der Waals surface area contributed by atoms with Gasteiger partial charge < -0.3 is 0 Å². The van der Waals surface area contributed by atoms with Crippen molar-refractivity contribution in [3.8, 4) is 0 Å². The monoisotopic (exact) mass is 521 g/mol. The summed E-state index contributed by atoms with van der Waals surface area (Å²) in [6, 6.07) is 20.1. The number of aryl methyl sites for hydroxylation is 2. The fourth-order valence-electron chi connectivity index (χ4n) is 3.96. The number of benzene rings is 3. The lowest BCUT2D eigenvalue weighted by Gasteiger charge is -2.21. The Balaban J connectivity index is 1.69. The van der Waals surface area contributed by atoms with Gasteiger partial charge in [-0.3, -0.25) is 9.69 Å². The zero-order valence-electron chi connectivity index (χ0n) is 21.1. The molecule has 1 heterocycles. The van der Waals surface area contributed by atoms with E-state index in [0.717, 1.165) is 39.7 Å². The summed E-state index contributed by atoms with van der Waals surface area (Å²) >= 11 is 1.50. The number of amides is 1. The molecular weight excluding hydrogens is 490 g/mol. The molecule has 0 saturated heterocycles. The van der Waals surface area contributed by atoms with Gasteiger partial charge in [-0.2, -0.15) is 0 Å². The number of nitrogens with zero attached hydrogens (tertiary/aromatic N) is 3. The third-order valence-corrected chi connectivity index (χ3v) is 9.31. The van der Waals surface area contributed by atoms with Gasteiger partial charge in [0.25, 0.3) is 5.91 Å². The summed E-state index contributed by atoms with van der Waals surface area (Å²) < 4.78 is 28.2. The molecular formula is C28H31N3O3S2. The van der Waals surface area contributed by atoms with Crippen LogP contribution < -0.4 is 4.90 Å². The van der Waals surface area contributed by atoms with E-state index in [-0.39, 0.29) is 10.8 Å². The van der Waals surface area contributed by atoms with E-state index in [9.17, 15) is 13.2 Å². The molecule has 1 amide bonds. The SMILES string of the molecule is CCCCN(C)S(=O)(=O)c1ccc(C(=O)N(Cc2ccccc2)c2nc3c(C)ccc(C)c3s2)cc1. The van der Waals surface area contributed by atoms with Crippen LogP contribution in [0.15, 0.2) is 71.6 Å². The Morgan fingerprint density at radius 2 is 1.61 bits per heavy atom. The zero-order valence-corrected chi connectivity index (χ0v) is 22.7. The van der Waals surface area contributed by atoms with Gasteiger partial charge >= 0.3 is 0 Å². The topological polar surface area (TPSA) is 70.6 Å². The largest absolute Gasteiger partial charge is 0.279 e. The number of unbranched alkanes of at least 4 members (excludes halogenated alkanes) is 1. The standard InChI is InChI=1S/C28H31N3O3S2/c1-5-6-18-30(4)36(33,34)24-16-14-23(15-17-24)27(32)31(19-22-10-8-7-9-11-22)28-29-25-20(2)12-13-21(3)26(25)35-28/h7-17H,5-6,18-19H2,1-4H3. The van der Waals surface area contributed by atoms with Crippen molar-refractivity contribution in [3.63, 3.8) is 0 Å². The van der Waals surface area contributed by atoms with Crippen LogP contribution in [0.5, 0.6) is 0 Å². The van der Waals surface area contributed by atoms with Crippen LogP contribution in [0.4, 0.5) is 5.13 Å². The molecule has 3 aromatic carbocycles. The van der Waals surface area contributed by atoms with Crippen LogP contribution in [0.1, 0.15) is 46.8 Å². The number of aromatic nitrogens is 1. The summed E-state index contributed by atoms with van der Waals surface area (Å²) in [6.07, 6.45) is 1.71. The first-order chi connectivity index (χ1) is 17.2. The number of thiazole rings is 1. The molecule has 36 heavy (non-hydrogen) atoms. The molecule has 0 aliphatic rings. The van der Waals surface area contributed by atoms with E-state index in [1.54, 1.807) is 24.1 Å². The van der Waals surface area contributed by atoms with E-state index in [1.165, 1.54) is 27.8 Å². The highest BCUT2D eigenvalue weighted by molar-refractivity contribution is 7.89. The van der Waals surface area contributed by atoms with E-state index in [1.807, 2.05) is 57.2 Å². The van der Waals surface area contributed by atoms with Crippen LogP contribution in [0, 0.1) is 13.8 Å². The van der Waals surface area contributed by atoms with Crippen LogP contribution in [-0.4, -0.2) is 37.2 Å². The second-order valence-electron chi connectivity index (χ2n) is 8.95. The molecule has 8 heteroatoms. The third-order valence-electron chi connectivity index (χ3n) is 6.23. The lowest BCUT2D eigenvalue weighted by Crippen LogP contribution is -2.30. The quantitative estimate of drug-likeness (QED) is 0.264. The second-order valence-corrected chi connectivity index (χ2v) is 12.0. The van der Waals surface area contributed by atoms with Crippen molar-refractivity contribution in [1.29, 1.82) is 0 Å². The molecule has 0 spiro atoms. The first kappa shape index (κ1) is 26.0. The minimum atomic E-state index is -3.60. The third kappa shape index (κ3) is 5.36. The normalized spacial score (nSPS) is 11.8. The smallest absolute Gasteiger partial charge is 0.260 e. The van der Waals surface area contributed by atoms with Crippen LogP contribution in [0.2, 0.25) is 0 Å². The van der Waals surface area contributed by atoms with Gasteiger partial charge in [0.05, 0.1) is 21.7 Å². The number of sulfonamides is 1. The Morgan fingerprint density at radius 1 is 0.944 bits per heavy atom. The van der Waals surface area contributed by atoms with Crippen molar-refractivity contribution >= 4 is 42.6 Å². The van der Waals surface area contributed by atoms with Crippen molar-refractivity contribution in [2.45, 2.75) is 45.1 Å². The molecule has 0 aliphatic carbocycles. The van der Waals surface area contributed by atoms with E-state index < -0.39 is 10.0 Å². The van der Waals surface area contributed by atoms with Crippen molar-refractivity contribution in [3.05, 3.63) is 89.0 Å². The van der Waals surface area contributed by atoms with Gasteiger partial charge in [-0.05, 0) is 61.2 Å². The molecule has 0 unspecified atom stereocenters. The number of carbonyl (C=O) groups excluding carboxylic acids is 1. The maximum absolute atomic E-state index is 13.8. The minimum Gasteiger partial charge on any atom is -0.279 e. The molecule has 0 atom stereocenters. The number of carbonyl (C=O) groups is 1. The highest BCUT2D eigenvalue weighted by Crippen LogP contribution is 2.34. The Bertz CT molecular complexity index is 1420. The van der Waals surface area contributed by atoms with Crippen molar-refractivity contribution in [2.75, 3.05) is 18.5 Å². The van der Waals surface area contributed by atoms with Crippen LogP contribution in [0.25, 0.3) is 10.2 Å². The maximum atomic E-state index is 13.8. The van der Waals surface area contributed by atoms with Gasteiger partial charge in [-0.25, -0.2) is 17.7 Å². The van der Waals surface area contributed by atoms with Gasteiger partial charge in [-0.15, -0.1) is 0 Å². The van der Waals surface area contributed by atoms with E-state index >= 15 is 0 Å². The van der Waals surface area contributed by atoms with Crippen molar-refractivity contribution in [2.24, 2.45) is 0 Å². The van der Waals surface area contributed by atoms with Crippen molar-refractivity contribution in [1.82, 2.24) is 9.29 Å². The van der Waals surface area contributed by atoms with Crippen LogP contribution in [-0.2, 0) is 16.6 Å². The number of hydrogen-bond donors (Lipinski definition) is 0. The molecule has 0 aliphatic heterocycles.